The third-order valence-corrected chi connectivity index (χ3v) is 2.80. The number of aromatic nitrogens is 3. The van der Waals surface area contributed by atoms with Crippen LogP contribution in [0.25, 0.3) is 0 Å². The summed E-state index contributed by atoms with van der Waals surface area (Å²) in [5.41, 5.74) is 0. The molecule has 0 spiro atoms. The standard InChI is InChI=1S/C9H14ClN3O/c1-2-8-11-12-9(10)13(8)7-4-3-5-14-6-7/h7H,2-6H2,1H3. The first kappa shape index (κ1) is 9.93. The smallest absolute Gasteiger partial charge is 0.225 e. The third-order valence-electron chi connectivity index (χ3n) is 2.54. The van der Waals surface area contributed by atoms with Crippen LogP contribution in [0.1, 0.15) is 31.6 Å². The molecule has 0 saturated carbocycles. The molecule has 78 valence electrons. The van der Waals surface area contributed by atoms with Crippen molar-refractivity contribution in [2.75, 3.05) is 13.2 Å². The molecule has 0 aromatic carbocycles. The van der Waals surface area contributed by atoms with Gasteiger partial charge < -0.3 is 4.74 Å². The van der Waals surface area contributed by atoms with Crippen molar-refractivity contribution in [3.05, 3.63) is 11.1 Å². The average Bonchev–Trinajstić information content (AvgIpc) is 2.61. The molecular formula is C9H14ClN3O. The number of halogens is 1. The SMILES string of the molecule is CCc1nnc(Cl)n1C1CCCOC1. The highest BCUT2D eigenvalue weighted by Gasteiger charge is 2.21. The van der Waals surface area contributed by atoms with Gasteiger partial charge in [0.05, 0.1) is 12.6 Å². The maximum absolute atomic E-state index is 5.99. The van der Waals surface area contributed by atoms with Gasteiger partial charge >= 0.3 is 0 Å². The highest BCUT2D eigenvalue weighted by atomic mass is 35.5. The second kappa shape index (κ2) is 4.28. The Hall–Kier alpha value is -0.610. The Morgan fingerprint density at radius 1 is 1.57 bits per heavy atom. The lowest BCUT2D eigenvalue weighted by atomic mass is 10.1. The summed E-state index contributed by atoms with van der Waals surface area (Å²) in [6.07, 6.45) is 3.04. The van der Waals surface area contributed by atoms with E-state index in [0.29, 0.717) is 11.3 Å². The van der Waals surface area contributed by atoms with E-state index in [0.717, 1.165) is 38.3 Å². The molecule has 4 nitrogen and oxygen atoms in total. The van der Waals surface area contributed by atoms with Crippen molar-refractivity contribution in [3.63, 3.8) is 0 Å². The Balaban J connectivity index is 2.23. The number of rotatable bonds is 2. The molecule has 14 heavy (non-hydrogen) atoms. The first-order chi connectivity index (χ1) is 6.83. The fourth-order valence-electron chi connectivity index (χ4n) is 1.83. The van der Waals surface area contributed by atoms with Gasteiger partial charge in [-0.1, -0.05) is 6.92 Å². The van der Waals surface area contributed by atoms with Crippen molar-refractivity contribution in [3.8, 4) is 0 Å². The van der Waals surface area contributed by atoms with E-state index in [1.165, 1.54) is 0 Å². The Bertz CT molecular complexity index is 307. The summed E-state index contributed by atoms with van der Waals surface area (Å²) < 4.78 is 7.43. The van der Waals surface area contributed by atoms with Gasteiger partial charge in [-0.25, -0.2) is 0 Å². The molecule has 0 N–H and O–H groups in total. The van der Waals surface area contributed by atoms with E-state index in [1.807, 2.05) is 4.57 Å². The van der Waals surface area contributed by atoms with Crippen molar-refractivity contribution < 1.29 is 4.74 Å². The van der Waals surface area contributed by atoms with Gasteiger partial charge in [0.2, 0.25) is 5.28 Å². The lowest BCUT2D eigenvalue weighted by molar-refractivity contribution is 0.0582. The summed E-state index contributed by atoms with van der Waals surface area (Å²) in [5, 5.41) is 8.40. The normalized spacial score (nSPS) is 22.6. The van der Waals surface area contributed by atoms with Gasteiger partial charge in [-0.2, -0.15) is 0 Å². The van der Waals surface area contributed by atoms with Crippen LogP contribution in [0.15, 0.2) is 0 Å². The zero-order chi connectivity index (χ0) is 9.97. The van der Waals surface area contributed by atoms with E-state index in [4.69, 9.17) is 16.3 Å². The van der Waals surface area contributed by atoms with Gasteiger partial charge in [0, 0.05) is 13.0 Å². The van der Waals surface area contributed by atoms with E-state index >= 15 is 0 Å². The van der Waals surface area contributed by atoms with Crippen molar-refractivity contribution in [1.29, 1.82) is 0 Å². The highest BCUT2D eigenvalue weighted by molar-refractivity contribution is 6.28. The van der Waals surface area contributed by atoms with Gasteiger partial charge in [-0.3, -0.25) is 4.57 Å². The Kier molecular flexibility index (Phi) is 3.03. The third kappa shape index (κ3) is 1.77. The highest BCUT2D eigenvalue weighted by Crippen LogP contribution is 2.24. The zero-order valence-electron chi connectivity index (χ0n) is 8.24. The predicted octanol–water partition coefficient (Wildman–Crippen LogP) is 1.85. The van der Waals surface area contributed by atoms with Crippen LogP contribution in [0, 0.1) is 0 Å². The van der Waals surface area contributed by atoms with Gasteiger partial charge in [0.15, 0.2) is 0 Å². The quantitative estimate of drug-likeness (QED) is 0.756. The minimum Gasteiger partial charge on any atom is -0.379 e. The molecule has 2 heterocycles. The molecule has 1 atom stereocenters. The van der Waals surface area contributed by atoms with Crippen molar-refractivity contribution in [2.24, 2.45) is 0 Å². The minimum absolute atomic E-state index is 0.321. The fourth-order valence-corrected chi connectivity index (χ4v) is 2.11. The molecule has 0 aliphatic carbocycles. The molecule has 1 aliphatic rings. The summed E-state index contributed by atoms with van der Waals surface area (Å²) in [7, 11) is 0. The summed E-state index contributed by atoms with van der Waals surface area (Å²) in [4.78, 5) is 0. The predicted molar refractivity (Wildman–Crippen MR) is 53.5 cm³/mol. The van der Waals surface area contributed by atoms with Crippen LogP contribution in [0.3, 0.4) is 0 Å². The zero-order valence-corrected chi connectivity index (χ0v) is 9.00. The summed E-state index contributed by atoms with van der Waals surface area (Å²) >= 11 is 5.99. The topological polar surface area (TPSA) is 39.9 Å². The van der Waals surface area contributed by atoms with Crippen LogP contribution < -0.4 is 0 Å². The molecule has 5 heteroatoms. The van der Waals surface area contributed by atoms with Crippen molar-refractivity contribution in [2.45, 2.75) is 32.2 Å². The van der Waals surface area contributed by atoms with Crippen LogP contribution in [0.2, 0.25) is 5.28 Å². The molecule has 0 radical (unpaired) electrons. The maximum atomic E-state index is 5.99. The molecular weight excluding hydrogens is 202 g/mol. The Morgan fingerprint density at radius 2 is 2.43 bits per heavy atom. The monoisotopic (exact) mass is 215 g/mol. The number of nitrogens with zero attached hydrogens (tertiary/aromatic N) is 3. The molecule has 0 amide bonds. The molecule has 1 aliphatic heterocycles. The first-order valence-electron chi connectivity index (χ1n) is 5.00. The lowest BCUT2D eigenvalue weighted by Gasteiger charge is -2.24. The molecule has 1 unspecified atom stereocenters. The summed E-state index contributed by atoms with van der Waals surface area (Å²) in [6.45, 7) is 3.64. The summed E-state index contributed by atoms with van der Waals surface area (Å²) in [6, 6.07) is 0.321. The van der Waals surface area contributed by atoms with Crippen LogP contribution in [-0.4, -0.2) is 28.0 Å². The minimum atomic E-state index is 0.321. The van der Waals surface area contributed by atoms with Crippen LogP contribution in [0.4, 0.5) is 0 Å². The Morgan fingerprint density at radius 3 is 3.07 bits per heavy atom. The lowest BCUT2D eigenvalue weighted by Crippen LogP contribution is -2.22. The van der Waals surface area contributed by atoms with E-state index < -0.39 is 0 Å². The molecule has 2 rings (SSSR count). The van der Waals surface area contributed by atoms with E-state index in [1.54, 1.807) is 0 Å². The maximum Gasteiger partial charge on any atom is 0.225 e. The van der Waals surface area contributed by atoms with Crippen molar-refractivity contribution in [1.82, 2.24) is 14.8 Å². The van der Waals surface area contributed by atoms with Gasteiger partial charge in [0.25, 0.3) is 0 Å². The van der Waals surface area contributed by atoms with Gasteiger partial charge in [-0.05, 0) is 24.4 Å². The van der Waals surface area contributed by atoms with Crippen LogP contribution >= 0.6 is 11.6 Å². The first-order valence-corrected chi connectivity index (χ1v) is 5.37. The molecule has 1 aromatic heterocycles. The van der Waals surface area contributed by atoms with Crippen LogP contribution in [0.5, 0.6) is 0 Å². The summed E-state index contributed by atoms with van der Waals surface area (Å²) in [5.74, 6) is 0.950. The number of aryl methyl sites for hydroxylation is 1. The molecule has 1 aromatic rings. The van der Waals surface area contributed by atoms with Crippen LogP contribution in [-0.2, 0) is 11.2 Å². The van der Waals surface area contributed by atoms with E-state index in [2.05, 4.69) is 17.1 Å². The molecule has 0 bridgehead atoms. The molecule has 1 saturated heterocycles. The average molecular weight is 216 g/mol. The largest absolute Gasteiger partial charge is 0.379 e. The fraction of sp³-hybridized carbons (Fsp3) is 0.778. The second-order valence-corrected chi connectivity index (χ2v) is 3.82. The second-order valence-electron chi connectivity index (χ2n) is 3.48. The molecule has 1 fully saturated rings. The van der Waals surface area contributed by atoms with E-state index in [-0.39, 0.29) is 0 Å². The Labute approximate surface area is 88.2 Å². The van der Waals surface area contributed by atoms with Gasteiger partial charge in [-0.15, -0.1) is 10.2 Å². The number of ether oxygens (including phenoxy) is 1. The number of hydrogen-bond donors (Lipinski definition) is 0. The van der Waals surface area contributed by atoms with E-state index in [9.17, 15) is 0 Å². The van der Waals surface area contributed by atoms with Crippen molar-refractivity contribution >= 4 is 11.6 Å². The number of hydrogen-bond acceptors (Lipinski definition) is 3. The van der Waals surface area contributed by atoms with Gasteiger partial charge in [0.1, 0.15) is 5.82 Å².